The first-order chi connectivity index (χ1) is 6.63. The summed E-state index contributed by atoms with van der Waals surface area (Å²) in [6, 6.07) is 0. The van der Waals surface area contributed by atoms with Crippen LogP contribution >= 0.6 is 11.6 Å². The van der Waals surface area contributed by atoms with E-state index >= 15 is 0 Å². The Kier molecular flexibility index (Phi) is 3.79. The van der Waals surface area contributed by atoms with Crippen LogP contribution in [-0.4, -0.2) is 32.8 Å². The Labute approximate surface area is 85.4 Å². The second-order valence-corrected chi connectivity index (χ2v) is 3.00. The topological polar surface area (TPSA) is 83.3 Å². The van der Waals surface area contributed by atoms with E-state index in [-0.39, 0.29) is 18.2 Å². The quantitative estimate of drug-likeness (QED) is 0.707. The minimum atomic E-state index is -0.981. The zero-order valence-corrected chi connectivity index (χ0v) is 8.03. The van der Waals surface area contributed by atoms with Crippen LogP contribution in [0.3, 0.4) is 0 Å². The summed E-state index contributed by atoms with van der Waals surface area (Å²) in [6.45, 7) is -0.0609. The summed E-state index contributed by atoms with van der Waals surface area (Å²) in [7, 11) is 0. The van der Waals surface area contributed by atoms with Gasteiger partial charge in [0, 0.05) is 18.2 Å². The molecule has 2 N–H and O–H groups in total. The average molecular weight is 217 g/mol. The Morgan fingerprint density at radius 3 is 2.79 bits per heavy atom. The normalized spacial score (nSPS) is 10.1. The molecule has 0 amide bonds. The maximum atomic E-state index is 10.4. The number of halogens is 1. The molecule has 0 atom stereocenters. The fourth-order valence-electron chi connectivity index (χ4n) is 0.922. The summed E-state index contributed by atoms with van der Waals surface area (Å²) in [5.74, 6) is -0.572. The van der Waals surface area contributed by atoms with Crippen molar-refractivity contribution in [1.82, 2.24) is 9.97 Å². The molecular formula is C8H9ClN2O3. The minimum absolute atomic E-state index is 0.0609. The summed E-state index contributed by atoms with van der Waals surface area (Å²) in [5, 5.41) is 17.2. The second-order valence-electron chi connectivity index (χ2n) is 2.65. The molecule has 0 saturated carbocycles. The highest BCUT2D eigenvalue weighted by atomic mass is 35.5. The number of aliphatic hydroxyl groups is 1. The third-order valence-corrected chi connectivity index (χ3v) is 1.87. The number of hydrogen-bond acceptors (Lipinski definition) is 4. The van der Waals surface area contributed by atoms with Gasteiger partial charge in [-0.25, -0.2) is 9.97 Å². The van der Waals surface area contributed by atoms with Gasteiger partial charge >= 0.3 is 5.97 Å². The van der Waals surface area contributed by atoms with Crippen molar-refractivity contribution in [2.75, 3.05) is 6.61 Å². The van der Waals surface area contributed by atoms with Crippen LogP contribution in [0.15, 0.2) is 6.20 Å². The Balaban J connectivity index is 2.84. The highest BCUT2D eigenvalue weighted by Gasteiger charge is 2.08. The monoisotopic (exact) mass is 216 g/mol. The number of aliphatic hydroxyl groups excluding tert-OH is 1. The van der Waals surface area contributed by atoms with Gasteiger partial charge in [-0.1, -0.05) is 11.6 Å². The van der Waals surface area contributed by atoms with Crippen molar-refractivity contribution in [3.05, 3.63) is 22.7 Å². The molecule has 0 aromatic carbocycles. The van der Waals surface area contributed by atoms with E-state index in [1.807, 2.05) is 0 Å². The lowest BCUT2D eigenvalue weighted by Gasteiger charge is -2.01. The van der Waals surface area contributed by atoms with E-state index in [4.69, 9.17) is 21.8 Å². The molecule has 0 aliphatic carbocycles. The third-order valence-electron chi connectivity index (χ3n) is 1.54. The van der Waals surface area contributed by atoms with Crippen LogP contribution in [-0.2, 0) is 17.6 Å². The Bertz CT molecular complexity index is 343. The molecule has 76 valence electrons. The number of aromatic nitrogens is 2. The largest absolute Gasteiger partial charge is 0.481 e. The molecule has 5 nitrogen and oxygen atoms in total. The van der Waals surface area contributed by atoms with Gasteiger partial charge in [-0.2, -0.15) is 0 Å². The highest BCUT2D eigenvalue weighted by Crippen LogP contribution is 2.12. The van der Waals surface area contributed by atoms with Crippen LogP contribution in [0.25, 0.3) is 0 Å². The number of carboxylic acid groups (broad SMARTS) is 1. The molecule has 14 heavy (non-hydrogen) atoms. The van der Waals surface area contributed by atoms with Crippen LogP contribution < -0.4 is 0 Å². The van der Waals surface area contributed by atoms with Gasteiger partial charge < -0.3 is 10.2 Å². The molecule has 1 heterocycles. The zero-order valence-electron chi connectivity index (χ0n) is 7.27. The van der Waals surface area contributed by atoms with Crippen molar-refractivity contribution in [2.45, 2.75) is 12.8 Å². The Hall–Kier alpha value is -1.20. The Morgan fingerprint density at radius 1 is 1.57 bits per heavy atom. The second kappa shape index (κ2) is 4.88. The van der Waals surface area contributed by atoms with Gasteiger partial charge in [-0.15, -0.1) is 0 Å². The summed E-state index contributed by atoms with van der Waals surface area (Å²) >= 11 is 5.71. The molecule has 0 fully saturated rings. The maximum Gasteiger partial charge on any atom is 0.307 e. The van der Waals surface area contributed by atoms with Crippen molar-refractivity contribution in [1.29, 1.82) is 0 Å². The molecule has 1 aromatic rings. The van der Waals surface area contributed by atoms with Crippen molar-refractivity contribution in [3.8, 4) is 0 Å². The smallest absolute Gasteiger partial charge is 0.307 e. The number of aliphatic carboxylic acids is 1. The number of nitrogens with zero attached hydrogens (tertiary/aromatic N) is 2. The number of carboxylic acids is 1. The van der Waals surface area contributed by atoms with Gasteiger partial charge in [0.25, 0.3) is 0 Å². The van der Waals surface area contributed by atoms with E-state index in [0.29, 0.717) is 17.8 Å². The lowest BCUT2D eigenvalue weighted by molar-refractivity contribution is -0.136. The van der Waals surface area contributed by atoms with Crippen molar-refractivity contribution in [3.63, 3.8) is 0 Å². The zero-order chi connectivity index (χ0) is 10.6. The SMILES string of the molecule is O=C(O)Cc1cnc(CCO)nc1Cl. The summed E-state index contributed by atoms with van der Waals surface area (Å²) in [5.41, 5.74) is 0.376. The lowest BCUT2D eigenvalue weighted by Crippen LogP contribution is -2.05. The Morgan fingerprint density at radius 2 is 2.29 bits per heavy atom. The molecule has 0 bridgehead atoms. The van der Waals surface area contributed by atoms with Crippen LogP contribution in [0.4, 0.5) is 0 Å². The number of hydrogen-bond donors (Lipinski definition) is 2. The standard InChI is InChI=1S/C8H9ClN2O3/c9-8-5(3-7(13)14)4-10-6(11-8)1-2-12/h4,12H,1-3H2,(H,13,14). The van der Waals surface area contributed by atoms with Crippen LogP contribution in [0.1, 0.15) is 11.4 Å². The van der Waals surface area contributed by atoms with Gasteiger partial charge in [-0.3, -0.25) is 4.79 Å². The lowest BCUT2D eigenvalue weighted by atomic mass is 10.2. The summed E-state index contributed by atoms with van der Waals surface area (Å²) in [6.07, 6.45) is 1.49. The van der Waals surface area contributed by atoms with E-state index < -0.39 is 5.97 Å². The predicted octanol–water partition coefficient (Wildman–Crippen LogP) is 0.292. The molecule has 0 saturated heterocycles. The molecule has 0 spiro atoms. The van der Waals surface area contributed by atoms with Crippen molar-refractivity contribution < 1.29 is 15.0 Å². The first-order valence-electron chi connectivity index (χ1n) is 3.96. The first-order valence-corrected chi connectivity index (χ1v) is 4.34. The molecule has 1 rings (SSSR count). The van der Waals surface area contributed by atoms with E-state index in [9.17, 15) is 4.79 Å². The minimum Gasteiger partial charge on any atom is -0.481 e. The van der Waals surface area contributed by atoms with Crippen LogP contribution in [0, 0.1) is 0 Å². The van der Waals surface area contributed by atoms with Crippen molar-refractivity contribution in [2.24, 2.45) is 0 Å². The summed E-state index contributed by atoms with van der Waals surface area (Å²) < 4.78 is 0. The van der Waals surface area contributed by atoms with Gasteiger partial charge in [0.1, 0.15) is 11.0 Å². The average Bonchev–Trinajstić information content (AvgIpc) is 2.10. The van der Waals surface area contributed by atoms with Gasteiger partial charge in [0.05, 0.1) is 13.0 Å². The number of carbonyl (C=O) groups is 1. The van der Waals surface area contributed by atoms with Crippen molar-refractivity contribution >= 4 is 17.6 Å². The maximum absolute atomic E-state index is 10.4. The van der Waals surface area contributed by atoms with Crippen LogP contribution in [0.5, 0.6) is 0 Å². The molecule has 0 aliphatic rings. The molecular weight excluding hydrogens is 208 g/mol. The van der Waals surface area contributed by atoms with Gasteiger partial charge in [0.2, 0.25) is 0 Å². The van der Waals surface area contributed by atoms with Gasteiger partial charge in [-0.05, 0) is 0 Å². The molecule has 6 heteroatoms. The van der Waals surface area contributed by atoms with Gasteiger partial charge in [0.15, 0.2) is 0 Å². The fourth-order valence-corrected chi connectivity index (χ4v) is 1.13. The van der Waals surface area contributed by atoms with E-state index in [1.54, 1.807) is 0 Å². The van der Waals surface area contributed by atoms with Crippen LogP contribution in [0.2, 0.25) is 5.15 Å². The molecule has 0 unspecified atom stereocenters. The summed E-state index contributed by atoms with van der Waals surface area (Å²) in [4.78, 5) is 18.1. The predicted molar refractivity (Wildman–Crippen MR) is 49.2 cm³/mol. The van der Waals surface area contributed by atoms with E-state index in [0.717, 1.165) is 0 Å². The number of rotatable bonds is 4. The highest BCUT2D eigenvalue weighted by molar-refractivity contribution is 6.30. The van der Waals surface area contributed by atoms with E-state index in [2.05, 4.69) is 9.97 Å². The third kappa shape index (κ3) is 2.93. The van der Waals surface area contributed by atoms with E-state index in [1.165, 1.54) is 6.20 Å². The molecule has 1 aromatic heterocycles. The first kappa shape index (κ1) is 10.9. The fraction of sp³-hybridized carbons (Fsp3) is 0.375. The molecule has 0 radical (unpaired) electrons. The molecule has 0 aliphatic heterocycles.